The van der Waals surface area contributed by atoms with Gasteiger partial charge in [-0.25, -0.2) is 9.97 Å². The number of hydrogen-bond donors (Lipinski definition) is 1. The van der Waals surface area contributed by atoms with Gasteiger partial charge in [-0.3, -0.25) is 0 Å². The fourth-order valence-electron chi connectivity index (χ4n) is 1.46. The quantitative estimate of drug-likeness (QED) is 0.849. The maximum absolute atomic E-state index is 12.2. The van der Waals surface area contributed by atoms with Crippen LogP contribution < -0.4 is 5.32 Å². The molecule has 1 rings (SSSR count). The fraction of sp³-hybridized carbons (Fsp3) is 0.600. The molecular weight excluding hydrogens is 255 g/mol. The van der Waals surface area contributed by atoms with Gasteiger partial charge in [0.05, 0.1) is 6.42 Å². The van der Waals surface area contributed by atoms with Crippen molar-refractivity contribution in [2.45, 2.75) is 38.9 Å². The van der Waals surface area contributed by atoms with E-state index in [4.69, 9.17) is 11.6 Å². The lowest BCUT2D eigenvalue weighted by Gasteiger charge is -2.18. The van der Waals surface area contributed by atoms with E-state index >= 15 is 0 Å². The van der Waals surface area contributed by atoms with Crippen molar-refractivity contribution >= 4 is 17.4 Å². The molecule has 1 aromatic rings. The SMILES string of the molecule is CCc1c(Cl)ncnc1NC(C)CC(F)(F)F. The lowest BCUT2D eigenvalue weighted by molar-refractivity contribution is -0.136. The summed E-state index contributed by atoms with van der Waals surface area (Å²) in [6.45, 7) is 3.28. The van der Waals surface area contributed by atoms with Crippen molar-refractivity contribution in [3.05, 3.63) is 17.0 Å². The van der Waals surface area contributed by atoms with Crippen LogP contribution in [0.25, 0.3) is 0 Å². The zero-order valence-corrected chi connectivity index (χ0v) is 10.2. The van der Waals surface area contributed by atoms with Crippen LogP contribution in [0.5, 0.6) is 0 Å². The summed E-state index contributed by atoms with van der Waals surface area (Å²) >= 11 is 5.83. The number of nitrogens with one attached hydrogen (secondary N) is 1. The maximum atomic E-state index is 12.2. The van der Waals surface area contributed by atoms with E-state index < -0.39 is 18.6 Å². The van der Waals surface area contributed by atoms with Crippen LogP contribution in [0.2, 0.25) is 5.15 Å². The Kier molecular flexibility index (Phi) is 4.56. The van der Waals surface area contributed by atoms with E-state index in [1.165, 1.54) is 13.3 Å². The van der Waals surface area contributed by atoms with Gasteiger partial charge in [0.15, 0.2) is 0 Å². The van der Waals surface area contributed by atoms with Crippen LogP contribution in [0.3, 0.4) is 0 Å². The third kappa shape index (κ3) is 4.38. The van der Waals surface area contributed by atoms with Gasteiger partial charge in [0.25, 0.3) is 0 Å². The number of hydrogen-bond acceptors (Lipinski definition) is 3. The molecule has 0 aliphatic rings. The molecule has 0 saturated heterocycles. The molecule has 1 N–H and O–H groups in total. The minimum absolute atomic E-state index is 0.268. The summed E-state index contributed by atoms with van der Waals surface area (Å²) in [6, 6.07) is -0.758. The highest BCUT2D eigenvalue weighted by molar-refractivity contribution is 6.30. The Bertz CT molecular complexity index is 382. The molecular formula is C10H13ClF3N3. The van der Waals surface area contributed by atoms with Crippen molar-refractivity contribution in [2.75, 3.05) is 5.32 Å². The minimum atomic E-state index is -4.20. The van der Waals surface area contributed by atoms with E-state index in [0.29, 0.717) is 17.8 Å². The Morgan fingerprint density at radius 1 is 1.41 bits per heavy atom. The molecule has 1 unspecified atom stereocenters. The number of aromatic nitrogens is 2. The van der Waals surface area contributed by atoms with Crippen LogP contribution >= 0.6 is 11.6 Å². The molecule has 17 heavy (non-hydrogen) atoms. The van der Waals surface area contributed by atoms with Gasteiger partial charge >= 0.3 is 6.18 Å². The van der Waals surface area contributed by atoms with Crippen LogP contribution in [0.15, 0.2) is 6.33 Å². The molecule has 1 heterocycles. The van der Waals surface area contributed by atoms with Gasteiger partial charge in [0, 0.05) is 11.6 Å². The topological polar surface area (TPSA) is 37.8 Å². The van der Waals surface area contributed by atoms with Crippen LogP contribution in [0.1, 0.15) is 25.8 Å². The molecule has 0 radical (unpaired) electrons. The van der Waals surface area contributed by atoms with Gasteiger partial charge in [-0.05, 0) is 13.3 Å². The summed E-state index contributed by atoms with van der Waals surface area (Å²) in [6.07, 6.45) is -3.34. The first-order valence-corrected chi connectivity index (χ1v) is 5.54. The second-order valence-corrected chi connectivity index (χ2v) is 4.07. The second kappa shape index (κ2) is 5.53. The summed E-state index contributed by atoms with van der Waals surface area (Å²) in [5.41, 5.74) is 0.628. The molecule has 0 bridgehead atoms. The third-order valence-corrected chi connectivity index (χ3v) is 2.49. The fourth-order valence-corrected chi connectivity index (χ4v) is 1.73. The standard InChI is InChI=1S/C10H13ClF3N3/c1-3-7-8(11)15-5-16-9(7)17-6(2)4-10(12,13)14/h5-6H,3-4H2,1-2H3,(H,15,16,17). The van der Waals surface area contributed by atoms with Gasteiger partial charge in [-0.15, -0.1) is 0 Å². The number of alkyl halides is 3. The monoisotopic (exact) mass is 267 g/mol. The van der Waals surface area contributed by atoms with Crippen molar-refractivity contribution in [2.24, 2.45) is 0 Å². The van der Waals surface area contributed by atoms with Gasteiger partial charge in [0.1, 0.15) is 17.3 Å². The lowest BCUT2D eigenvalue weighted by Crippen LogP contribution is -2.25. The average Bonchev–Trinajstić information content (AvgIpc) is 2.14. The predicted molar refractivity (Wildman–Crippen MR) is 60.2 cm³/mol. The first kappa shape index (κ1) is 14.0. The molecule has 0 spiro atoms. The molecule has 3 nitrogen and oxygen atoms in total. The summed E-state index contributed by atoms with van der Waals surface area (Å²) in [5.74, 6) is 0.365. The number of halogens is 4. The van der Waals surface area contributed by atoms with Gasteiger partial charge in [0.2, 0.25) is 0 Å². The largest absolute Gasteiger partial charge is 0.391 e. The summed E-state index contributed by atoms with van der Waals surface area (Å²) in [4.78, 5) is 7.69. The third-order valence-electron chi connectivity index (χ3n) is 2.17. The van der Waals surface area contributed by atoms with Crippen LogP contribution in [-0.4, -0.2) is 22.2 Å². The number of anilines is 1. The van der Waals surface area contributed by atoms with E-state index in [2.05, 4.69) is 15.3 Å². The number of rotatable bonds is 4. The smallest absolute Gasteiger partial charge is 0.367 e. The Morgan fingerprint density at radius 3 is 2.59 bits per heavy atom. The second-order valence-electron chi connectivity index (χ2n) is 3.71. The highest BCUT2D eigenvalue weighted by Crippen LogP contribution is 2.25. The van der Waals surface area contributed by atoms with Crippen LogP contribution in [-0.2, 0) is 6.42 Å². The van der Waals surface area contributed by atoms with E-state index in [1.807, 2.05) is 6.92 Å². The molecule has 0 fully saturated rings. The molecule has 0 aromatic carbocycles. The van der Waals surface area contributed by atoms with Crippen LogP contribution in [0, 0.1) is 0 Å². The van der Waals surface area contributed by atoms with Gasteiger partial charge < -0.3 is 5.32 Å². The van der Waals surface area contributed by atoms with Crippen molar-refractivity contribution < 1.29 is 13.2 Å². The molecule has 96 valence electrons. The van der Waals surface area contributed by atoms with Crippen molar-refractivity contribution in [1.82, 2.24) is 9.97 Å². The summed E-state index contributed by atoms with van der Waals surface area (Å²) in [7, 11) is 0. The Balaban J connectivity index is 2.78. The highest BCUT2D eigenvalue weighted by atomic mass is 35.5. The molecule has 7 heteroatoms. The van der Waals surface area contributed by atoms with E-state index in [1.54, 1.807) is 0 Å². The minimum Gasteiger partial charge on any atom is -0.367 e. The first-order chi connectivity index (χ1) is 7.83. The van der Waals surface area contributed by atoms with Crippen molar-refractivity contribution in [3.8, 4) is 0 Å². The summed E-state index contributed by atoms with van der Waals surface area (Å²) in [5, 5.41) is 2.97. The van der Waals surface area contributed by atoms with Gasteiger partial charge in [-0.2, -0.15) is 13.2 Å². The zero-order chi connectivity index (χ0) is 13.1. The number of nitrogens with zero attached hydrogens (tertiary/aromatic N) is 2. The predicted octanol–water partition coefficient (Wildman–Crippen LogP) is 3.45. The lowest BCUT2D eigenvalue weighted by atomic mass is 10.2. The Hall–Kier alpha value is -1.04. The highest BCUT2D eigenvalue weighted by Gasteiger charge is 2.30. The Morgan fingerprint density at radius 2 is 2.06 bits per heavy atom. The first-order valence-electron chi connectivity index (χ1n) is 5.16. The maximum Gasteiger partial charge on any atom is 0.391 e. The van der Waals surface area contributed by atoms with Gasteiger partial charge in [-0.1, -0.05) is 18.5 Å². The van der Waals surface area contributed by atoms with Crippen LogP contribution in [0.4, 0.5) is 19.0 Å². The Labute approximate surface area is 102 Å². The van der Waals surface area contributed by atoms with E-state index in [0.717, 1.165) is 0 Å². The zero-order valence-electron chi connectivity index (χ0n) is 9.48. The molecule has 1 aromatic heterocycles. The normalized spacial score (nSPS) is 13.5. The molecule has 0 amide bonds. The molecule has 0 aliphatic carbocycles. The van der Waals surface area contributed by atoms with E-state index in [9.17, 15) is 13.2 Å². The van der Waals surface area contributed by atoms with Crippen molar-refractivity contribution in [1.29, 1.82) is 0 Å². The molecule has 0 aliphatic heterocycles. The molecule has 1 atom stereocenters. The molecule has 0 saturated carbocycles. The van der Waals surface area contributed by atoms with E-state index in [-0.39, 0.29) is 5.15 Å². The summed E-state index contributed by atoms with van der Waals surface area (Å²) < 4.78 is 36.5. The van der Waals surface area contributed by atoms with Crippen molar-refractivity contribution in [3.63, 3.8) is 0 Å². The average molecular weight is 268 g/mol.